The van der Waals surface area contributed by atoms with Gasteiger partial charge in [0.1, 0.15) is 0 Å². The van der Waals surface area contributed by atoms with E-state index in [0.29, 0.717) is 5.92 Å². The standard InChI is InChI=1S/C13H21ClN2/c1-3-6-10(2)9-13(16-15)11-7-4-5-8-12(11)14/h4-5,7-8,10,13,16H,3,6,9,15H2,1-2H3. The van der Waals surface area contributed by atoms with Crippen molar-refractivity contribution >= 4 is 11.6 Å². The van der Waals surface area contributed by atoms with Crippen LogP contribution in [-0.2, 0) is 0 Å². The van der Waals surface area contributed by atoms with Gasteiger partial charge in [-0.2, -0.15) is 0 Å². The second-order valence-electron chi connectivity index (χ2n) is 4.37. The zero-order valence-electron chi connectivity index (χ0n) is 10.0. The molecule has 0 bridgehead atoms. The Hall–Kier alpha value is -0.570. The monoisotopic (exact) mass is 240 g/mol. The number of rotatable bonds is 6. The van der Waals surface area contributed by atoms with Gasteiger partial charge in [-0.3, -0.25) is 11.3 Å². The van der Waals surface area contributed by atoms with Crippen LogP contribution in [0.5, 0.6) is 0 Å². The van der Waals surface area contributed by atoms with E-state index in [1.165, 1.54) is 12.8 Å². The molecule has 2 nitrogen and oxygen atoms in total. The molecule has 0 saturated heterocycles. The molecule has 2 atom stereocenters. The maximum atomic E-state index is 6.16. The minimum Gasteiger partial charge on any atom is -0.271 e. The van der Waals surface area contributed by atoms with Crippen LogP contribution in [0.3, 0.4) is 0 Å². The smallest absolute Gasteiger partial charge is 0.0477 e. The molecule has 0 amide bonds. The highest BCUT2D eigenvalue weighted by Crippen LogP contribution is 2.28. The molecule has 90 valence electrons. The summed E-state index contributed by atoms with van der Waals surface area (Å²) in [4.78, 5) is 0. The highest BCUT2D eigenvalue weighted by Gasteiger charge is 2.15. The molecular weight excluding hydrogens is 220 g/mol. The van der Waals surface area contributed by atoms with Crippen molar-refractivity contribution in [1.29, 1.82) is 0 Å². The van der Waals surface area contributed by atoms with Gasteiger partial charge in [0.2, 0.25) is 0 Å². The summed E-state index contributed by atoms with van der Waals surface area (Å²) in [6.07, 6.45) is 3.46. The van der Waals surface area contributed by atoms with Crippen LogP contribution >= 0.6 is 11.6 Å². The minimum atomic E-state index is 0.148. The Kier molecular flexibility index (Phi) is 5.81. The van der Waals surface area contributed by atoms with E-state index >= 15 is 0 Å². The quantitative estimate of drug-likeness (QED) is 0.588. The molecule has 0 aliphatic rings. The van der Waals surface area contributed by atoms with E-state index in [1.54, 1.807) is 0 Å². The van der Waals surface area contributed by atoms with Gasteiger partial charge in [0.25, 0.3) is 0 Å². The SMILES string of the molecule is CCCC(C)CC(NN)c1ccccc1Cl. The fourth-order valence-electron chi connectivity index (χ4n) is 2.06. The highest BCUT2D eigenvalue weighted by atomic mass is 35.5. The molecule has 0 aromatic heterocycles. The van der Waals surface area contributed by atoms with E-state index in [2.05, 4.69) is 19.3 Å². The molecule has 3 heteroatoms. The van der Waals surface area contributed by atoms with Crippen molar-refractivity contribution in [3.63, 3.8) is 0 Å². The lowest BCUT2D eigenvalue weighted by atomic mass is 9.93. The Morgan fingerprint density at radius 1 is 1.38 bits per heavy atom. The molecule has 1 aromatic carbocycles. The van der Waals surface area contributed by atoms with Crippen molar-refractivity contribution in [2.24, 2.45) is 11.8 Å². The number of hydrogen-bond acceptors (Lipinski definition) is 2. The third kappa shape index (κ3) is 3.78. The summed E-state index contributed by atoms with van der Waals surface area (Å²) < 4.78 is 0. The third-order valence-corrected chi connectivity index (χ3v) is 3.25. The predicted molar refractivity (Wildman–Crippen MR) is 70.2 cm³/mol. The van der Waals surface area contributed by atoms with Gasteiger partial charge >= 0.3 is 0 Å². The zero-order chi connectivity index (χ0) is 12.0. The molecule has 0 spiro atoms. The molecule has 0 heterocycles. The van der Waals surface area contributed by atoms with Crippen molar-refractivity contribution in [2.45, 2.75) is 39.2 Å². The summed E-state index contributed by atoms with van der Waals surface area (Å²) in [5.41, 5.74) is 3.96. The van der Waals surface area contributed by atoms with E-state index in [9.17, 15) is 0 Å². The molecular formula is C13H21ClN2. The largest absolute Gasteiger partial charge is 0.271 e. The maximum Gasteiger partial charge on any atom is 0.0477 e. The topological polar surface area (TPSA) is 38.0 Å². The van der Waals surface area contributed by atoms with Gasteiger partial charge in [-0.15, -0.1) is 0 Å². The van der Waals surface area contributed by atoms with Crippen LogP contribution in [0.2, 0.25) is 5.02 Å². The molecule has 0 aliphatic heterocycles. The van der Waals surface area contributed by atoms with Crippen LogP contribution < -0.4 is 11.3 Å². The summed E-state index contributed by atoms with van der Waals surface area (Å²) >= 11 is 6.16. The molecule has 16 heavy (non-hydrogen) atoms. The molecule has 0 saturated carbocycles. The van der Waals surface area contributed by atoms with Crippen molar-refractivity contribution < 1.29 is 0 Å². The van der Waals surface area contributed by atoms with Crippen molar-refractivity contribution in [1.82, 2.24) is 5.43 Å². The average Bonchev–Trinajstić information content (AvgIpc) is 2.27. The molecule has 1 aromatic rings. The van der Waals surface area contributed by atoms with Gasteiger partial charge in [-0.1, -0.05) is 56.5 Å². The maximum absolute atomic E-state index is 6.16. The highest BCUT2D eigenvalue weighted by molar-refractivity contribution is 6.31. The summed E-state index contributed by atoms with van der Waals surface area (Å²) in [6, 6.07) is 8.03. The van der Waals surface area contributed by atoms with Crippen LogP contribution in [0, 0.1) is 5.92 Å². The molecule has 0 fully saturated rings. The van der Waals surface area contributed by atoms with E-state index in [0.717, 1.165) is 17.0 Å². The first kappa shape index (κ1) is 13.5. The first-order valence-electron chi connectivity index (χ1n) is 5.89. The lowest BCUT2D eigenvalue weighted by Gasteiger charge is -2.21. The minimum absolute atomic E-state index is 0.148. The van der Waals surface area contributed by atoms with E-state index < -0.39 is 0 Å². The Bertz CT molecular complexity index is 315. The second kappa shape index (κ2) is 6.89. The first-order chi connectivity index (χ1) is 7.69. The van der Waals surface area contributed by atoms with Gasteiger partial charge in [0.05, 0.1) is 0 Å². The summed E-state index contributed by atoms with van der Waals surface area (Å²) in [5.74, 6) is 6.26. The average molecular weight is 241 g/mol. The molecule has 1 rings (SSSR count). The molecule has 0 radical (unpaired) electrons. The molecule has 3 N–H and O–H groups in total. The number of benzene rings is 1. The zero-order valence-corrected chi connectivity index (χ0v) is 10.8. The number of nitrogens with two attached hydrogens (primary N) is 1. The van der Waals surface area contributed by atoms with Crippen molar-refractivity contribution in [3.05, 3.63) is 34.9 Å². The van der Waals surface area contributed by atoms with E-state index in [4.69, 9.17) is 17.4 Å². The van der Waals surface area contributed by atoms with Crippen LogP contribution in [0.25, 0.3) is 0 Å². The summed E-state index contributed by atoms with van der Waals surface area (Å²) in [5, 5.41) is 0.786. The summed E-state index contributed by atoms with van der Waals surface area (Å²) in [7, 11) is 0. The van der Waals surface area contributed by atoms with Gasteiger partial charge < -0.3 is 0 Å². The van der Waals surface area contributed by atoms with Crippen molar-refractivity contribution in [3.8, 4) is 0 Å². The molecule has 0 aliphatic carbocycles. The van der Waals surface area contributed by atoms with Crippen LogP contribution in [0.1, 0.15) is 44.7 Å². The third-order valence-electron chi connectivity index (χ3n) is 2.90. The fraction of sp³-hybridized carbons (Fsp3) is 0.538. The normalized spacial score (nSPS) is 14.8. The van der Waals surface area contributed by atoms with Gasteiger partial charge in [0, 0.05) is 11.1 Å². The number of hydrogen-bond donors (Lipinski definition) is 2. The Labute approximate surface area is 103 Å². The van der Waals surface area contributed by atoms with Crippen LogP contribution in [-0.4, -0.2) is 0 Å². The van der Waals surface area contributed by atoms with E-state index in [1.807, 2.05) is 24.3 Å². The van der Waals surface area contributed by atoms with Gasteiger partial charge in [-0.05, 0) is 24.0 Å². The Balaban J connectivity index is 2.71. The number of halogens is 1. The molecule has 2 unspecified atom stereocenters. The Morgan fingerprint density at radius 3 is 2.62 bits per heavy atom. The van der Waals surface area contributed by atoms with Gasteiger partial charge in [-0.25, -0.2) is 0 Å². The first-order valence-corrected chi connectivity index (χ1v) is 6.27. The lowest BCUT2D eigenvalue weighted by Crippen LogP contribution is -2.29. The fourth-order valence-corrected chi connectivity index (χ4v) is 2.32. The van der Waals surface area contributed by atoms with Crippen molar-refractivity contribution in [2.75, 3.05) is 0 Å². The Morgan fingerprint density at radius 2 is 2.06 bits per heavy atom. The number of hydrazine groups is 1. The van der Waals surface area contributed by atoms with Gasteiger partial charge in [0.15, 0.2) is 0 Å². The second-order valence-corrected chi connectivity index (χ2v) is 4.78. The summed E-state index contributed by atoms with van der Waals surface area (Å²) in [6.45, 7) is 4.46. The number of nitrogens with one attached hydrogen (secondary N) is 1. The predicted octanol–water partition coefficient (Wildman–Crippen LogP) is 3.67. The lowest BCUT2D eigenvalue weighted by molar-refractivity contribution is 0.395. The van der Waals surface area contributed by atoms with Crippen LogP contribution in [0.4, 0.5) is 0 Å². The van der Waals surface area contributed by atoms with Crippen LogP contribution in [0.15, 0.2) is 24.3 Å². The van der Waals surface area contributed by atoms with E-state index in [-0.39, 0.29) is 6.04 Å².